The summed E-state index contributed by atoms with van der Waals surface area (Å²) in [5, 5.41) is 9.87. The van der Waals surface area contributed by atoms with Crippen molar-refractivity contribution in [3.8, 4) is 22.5 Å². The second-order valence-corrected chi connectivity index (χ2v) is 17.3. The Labute approximate surface area is 367 Å². The summed E-state index contributed by atoms with van der Waals surface area (Å²) in [5.74, 6) is 0. The Balaban J connectivity index is 0.935. The summed E-state index contributed by atoms with van der Waals surface area (Å²) in [6.45, 7) is 0. The van der Waals surface area contributed by atoms with Crippen LogP contribution in [0.4, 0.5) is 0 Å². The highest BCUT2D eigenvalue weighted by molar-refractivity contribution is 7.25. The molecule has 1 N–H and O–H groups in total. The fourth-order valence-corrected chi connectivity index (χ4v) is 10.7. The van der Waals surface area contributed by atoms with Crippen LogP contribution in [-0.4, -0.2) is 19.8 Å². The molecule has 1 aliphatic heterocycles. The average molecular weight is 824 g/mol. The predicted octanol–water partition coefficient (Wildman–Crippen LogP) is 14.4. The molecular formula is C57H37N5S. The van der Waals surface area contributed by atoms with Crippen molar-refractivity contribution in [3.05, 3.63) is 229 Å². The Hall–Kier alpha value is -8.06. The zero-order valence-corrected chi connectivity index (χ0v) is 34.8. The van der Waals surface area contributed by atoms with E-state index in [9.17, 15) is 0 Å². The quantitative estimate of drug-likeness (QED) is 0.182. The van der Waals surface area contributed by atoms with E-state index in [2.05, 4.69) is 215 Å². The second kappa shape index (κ2) is 14.3. The van der Waals surface area contributed by atoms with E-state index in [1.165, 1.54) is 64.0 Å². The van der Waals surface area contributed by atoms with Crippen LogP contribution in [0.5, 0.6) is 0 Å². The molecule has 0 aliphatic carbocycles. The van der Waals surface area contributed by atoms with Crippen LogP contribution in [0.15, 0.2) is 217 Å². The van der Waals surface area contributed by atoms with Gasteiger partial charge in [-0.3, -0.25) is 9.98 Å². The number of pyridine rings is 1. The van der Waals surface area contributed by atoms with E-state index >= 15 is 0 Å². The van der Waals surface area contributed by atoms with Gasteiger partial charge in [0, 0.05) is 54.9 Å². The van der Waals surface area contributed by atoms with Gasteiger partial charge >= 0.3 is 0 Å². The van der Waals surface area contributed by atoms with Crippen LogP contribution in [0.25, 0.3) is 92.1 Å². The summed E-state index contributed by atoms with van der Waals surface area (Å²) < 4.78 is 7.28. The summed E-state index contributed by atoms with van der Waals surface area (Å²) >= 11 is 1.80. The number of para-hydroxylation sites is 2. The molecular weight excluding hydrogens is 787 g/mol. The SMILES string of the molecule is C1=C(c2ccccc2)NC(c2cccc(-n3c4ccccc4c4ccc(-c5ccc6c(c5)c5ccccc5n6-c5ccc6sc7cccnc7c6c5)cc43)c2)N=C1c1ccccc1. The molecule has 0 spiro atoms. The minimum Gasteiger partial charge on any atom is -0.360 e. The topological polar surface area (TPSA) is 47.1 Å². The molecule has 63 heavy (non-hydrogen) atoms. The lowest BCUT2D eigenvalue weighted by Crippen LogP contribution is -2.25. The number of benzene rings is 8. The Morgan fingerprint density at radius 3 is 1.92 bits per heavy atom. The van der Waals surface area contributed by atoms with Gasteiger partial charge in [-0.15, -0.1) is 11.3 Å². The first-order valence-electron chi connectivity index (χ1n) is 21.3. The van der Waals surface area contributed by atoms with Crippen LogP contribution in [0.3, 0.4) is 0 Å². The van der Waals surface area contributed by atoms with Crippen LogP contribution in [0.1, 0.15) is 22.9 Å². The number of hydrogen-bond acceptors (Lipinski definition) is 4. The fraction of sp³-hybridized carbons (Fsp3) is 0.0175. The predicted molar refractivity (Wildman–Crippen MR) is 265 cm³/mol. The fourth-order valence-electron chi connectivity index (χ4n) is 9.66. The molecule has 0 saturated carbocycles. The van der Waals surface area contributed by atoms with Gasteiger partial charge in [-0.25, -0.2) is 0 Å². The molecule has 1 atom stereocenters. The van der Waals surface area contributed by atoms with E-state index in [1.54, 1.807) is 11.3 Å². The monoisotopic (exact) mass is 823 g/mol. The van der Waals surface area contributed by atoms with Gasteiger partial charge < -0.3 is 14.5 Å². The number of fused-ring (bicyclic) bond motifs is 9. The number of thiophene rings is 1. The third-order valence-corrected chi connectivity index (χ3v) is 13.7. The third-order valence-electron chi connectivity index (χ3n) is 12.6. The highest BCUT2D eigenvalue weighted by Crippen LogP contribution is 2.40. The van der Waals surface area contributed by atoms with Gasteiger partial charge in [0.05, 0.1) is 38.0 Å². The number of rotatable bonds is 6. The summed E-state index contributed by atoms with van der Waals surface area (Å²) in [7, 11) is 0. The van der Waals surface area contributed by atoms with Crippen LogP contribution in [0, 0.1) is 0 Å². The molecule has 0 fully saturated rings. The molecule has 5 nitrogen and oxygen atoms in total. The van der Waals surface area contributed by atoms with E-state index in [0.29, 0.717) is 0 Å². The van der Waals surface area contributed by atoms with Crippen molar-refractivity contribution in [2.75, 3.05) is 0 Å². The number of nitrogens with one attached hydrogen (secondary N) is 1. The first-order chi connectivity index (χ1) is 31.2. The van der Waals surface area contributed by atoms with E-state index in [0.717, 1.165) is 50.5 Å². The molecule has 13 rings (SSSR count). The van der Waals surface area contributed by atoms with Crippen LogP contribution in [0.2, 0.25) is 0 Å². The minimum absolute atomic E-state index is 0.277. The molecule has 8 aromatic carbocycles. The molecule has 1 aliphatic rings. The number of hydrogen-bond donors (Lipinski definition) is 1. The van der Waals surface area contributed by atoms with Gasteiger partial charge in [0.25, 0.3) is 0 Å². The molecule has 0 amide bonds. The Kier molecular flexibility index (Phi) is 8.08. The van der Waals surface area contributed by atoms with Crippen LogP contribution in [-0.2, 0) is 0 Å². The molecule has 12 aromatic rings. The standard InChI is InChI=1S/C57H37N5S/c1-3-13-36(14-4-1)48-35-49(37-15-5-2-6-16-37)60-57(59-48)40-17-11-18-41(31-40)62-50-21-9-7-19-43(50)45-27-24-39(33-53(45)62)38-25-28-52-46(32-38)44-20-8-10-22-51(44)61(52)42-26-29-54-47(34-42)56-55(63-54)23-12-30-58-56/h1-35,57,59H. The number of aliphatic imine (C=N–C) groups is 1. The van der Waals surface area contributed by atoms with Gasteiger partial charge in [0.15, 0.2) is 0 Å². The maximum atomic E-state index is 5.31. The average Bonchev–Trinajstić information content (AvgIpc) is 4.01. The maximum absolute atomic E-state index is 5.31. The highest BCUT2D eigenvalue weighted by Gasteiger charge is 2.22. The number of nitrogens with zero attached hydrogens (tertiary/aromatic N) is 4. The molecule has 0 radical (unpaired) electrons. The molecule has 5 heterocycles. The van der Waals surface area contributed by atoms with Gasteiger partial charge in [-0.1, -0.05) is 127 Å². The molecule has 296 valence electrons. The van der Waals surface area contributed by atoms with Crippen molar-refractivity contribution in [1.82, 2.24) is 19.4 Å². The molecule has 6 heteroatoms. The molecule has 4 aromatic heterocycles. The van der Waals surface area contributed by atoms with E-state index in [4.69, 9.17) is 9.98 Å². The van der Waals surface area contributed by atoms with Crippen molar-refractivity contribution < 1.29 is 0 Å². The summed E-state index contributed by atoms with van der Waals surface area (Å²) in [6.07, 6.45) is 3.78. The van der Waals surface area contributed by atoms with E-state index in [-0.39, 0.29) is 6.17 Å². The molecule has 0 saturated heterocycles. The largest absolute Gasteiger partial charge is 0.360 e. The number of aromatic nitrogens is 3. The van der Waals surface area contributed by atoms with Gasteiger partial charge in [-0.2, -0.15) is 0 Å². The van der Waals surface area contributed by atoms with Crippen molar-refractivity contribution in [3.63, 3.8) is 0 Å². The van der Waals surface area contributed by atoms with Gasteiger partial charge in [-0.05, 0) is 107 Å². The zero-order valence-electron chi connectivity index (χ0n) is 34.0. The minimum atomic E-state index is -0.277. The Bertz CT molecular complexity index is 3830. The first kappa shape index (κ1) is 35.7. The van der Waals surface area contributed by atoms with E-state index < -0.39 is 0 Å². The summed E-state index contributed by atoms with van der Waals surface area (Å²) in [5.41, 5.74) is 15.7. The van der Waals surface area contributed by atoms with Crippen molar-refractivity contribution in [2.45, 2.75) is 6.17 Å². The van der Waals surface area contributed by atoms with Crippen molar-refractivity contribution in [1.29, 1.82) is 0 Å². The Morgan fingerprint density at radius 1 is 0.429 bits per heavy atom. The van der Waals surface area contributed by atoms with Gasteiger partial charge in [0.2, 0.25) is 0 Å². The normalized spacial score (nSPS) is 14.2. The second-order valence-electron chi connectivity index (χ2n) is 16.2. The summed E-state index contributed by atoms with van der Waals surface area (Å²) in [4.78, 5) is 10.1. The van der Waals surface area contributed by atoms with Crippen molar-refractivity contribution in [2.24, 2.45) is 4.99 Å². The van der Waals surface area contributed by atoms with Crippen molar-refractivity contribution >= 4 is 86.7 Å². The van der Waals surface area contributed by atoms with Crippen LogP contribution < -0.4 is 5.32 Å². The number of allylic oxidation sites excluding steroid dienone is 1. The lowest BCUT2D eigenvalue weighted by Gasteiger charge is -2.25. The third kappa shape index (κ3) is 5.83. The smallest absolute Gasteiger partial charge is 0.145 e. The van der Waals surface area contributed by atoms with E-state index in [1.807, 2.05) is 12.3 Å². The Morgan fingerprint density at radius 2 is 1.10 bits per heavy atom. The highest BCUT2D eigenvalue weighted by atomic mass is 32.1. The van der Waals surface area contributed by atoms with Crippen LogP contribution >= 0.6 is 11.3 Å². The molecule has 0 bridgehead atoms. The lowest BCUT2D eigenvalue weighted by molar-refractivity contribution is 0.663. The molecule has 1 unspecified atom stereocenters. The first-order valence-corrected chi connectivity index (χ1v) is 22.2. The zero-order chi connectivity index (χ0) is 41.4. The summed E-state index contributed by atoms with van der Waals surface area (Å²) in [6, 6.07) is 72.2. The maximum Gasteiger partial charge on any atom is 0.145 e. The lowest BCUT2D eigenvalue weighted by atomic mass is 10.0. The van der Waals surface area contributed by atoms with Gasteiger partial charge in [0.1, 0.15) is 6.17 Å².